The average Bonchev–Trinajstić information content (AvgIpc) is 2.48. The molecule has 0 radical (unpaired) electrons. The first kappa shape index (κ1) is 14.5. The van der Waals surface area contributed by atoms with E-state index in [0.717, 1.165) is 16.1 Å². The monoisotopic (exact) mass is 290 g/mol. The highest BCUT2D eigenvalue weighted by Crippen LogP contribution is 2.20. The van der Waals surface area contributed by atoms with E-state index in [1.54, 1.807) is 19.6 Å². The Morgan fingerprint density at radius 2 is 1.90 bits per heavy atom. The summed E-state index contributed by atoms with van der Waals surface area (Å²) in [6.45, 7) is 2.07. The second-order valence-corrected chi connectivity index (χ2v) is 5.86. The SMILES string of the molecule is COc1ccc(NC(C)c2ccc(S(C)=O)cc2)cn1. The van der Waals surface area contributed by atoms with E-state index in [-0.39, 0.29) is 6.04 Å². The van der Waals surface area contributed by atoms with Crippen LogP contribution < -0.4 is 10.1 Å². The number of methoxy groups -OCH3 is 1. The predicted molar refractivity (Wildman–Crippen MR) is 81.6 cm³/mol. The van der Waals surface area contributed by atoms with Gasteiger partial charge in [0.1, 0.15) is 0 Å². The lowest BCUT2D eigenvalue weighted by atomic mass is 10.1. The van der Waals surface area contributed by atoms with Crippen molar-refractivity contribution in [1.82, 2.24) is 4.98 Å². The molecule has 1 aromatic carbocycles. The average molecular weight is 290 g/mol. The van der Waals surface area contributed by atoms with Gasteiger partial charge >= 0.3 is 0 Å². The van der Waals surface area contributed by atoms with Crippen LogP contribution in [-0.4, -0.2) is 22.6 Å². The Balaban J connectivity index is 2.06. The molecule has 1 N–H and O–H groups in total. The van der Waals surface area contributed by atoms with Crippen molar-refractivity contribution in [1.29, 1.82) is 0 Å². The van der Waals surface area contributed by atoms with E-state index in [4.69, 9.17) is 4.74 Å². The van der Waals surface area contributed by atoms with Gasteiger partial charge in [0.2, 0.25) is 5.88 Å². The molecule has 4 nitrogen and oxygen atoms in total. The molecular formula is C15H18N2O2S. The summed E-state index contributed by atoms with van der Waals surface area (Å²) in [5.41, 5.74) is 2.07. The number of hydrogen-bond donors (Lipinski definition) is 1. The molecular weight excluding hydrogens is 272 g/mol. The molecule has 20 heavy (non-hydrogen) atoms. The van der Waals surface area contributed by atoms with Crippen LogP contribution in [0.25, 0.3) is 0 Å². The van der Waals surface area contributed by atoms with Gasteiger partial charge in [-0.05, 0) is 30.7 Å². The molecule has 2 atom stereocenters. The fourth-order valence-electron chi connectivity index (χ4n) is 1.87. The van der Waals surface area contributed by atoms with E-state index >= 15 is 0 Å². The molecule has 0 bridgehead atoms. The van der Waals surface area contributed by atoms with Gasteiger partial charge in [0, 0.05) is 34.1 Å². The van der Waals surface area contributed by atoms with E-state index in [2.05, 4.69) is 17.2 Å². The number of pyridine rings is 1. The van der Waals surface area contributed by atoms with Crippen molar-refractivity contribution >= 4 is 16.5 Å². The minimum absolute atomic E-state index is 0.143. The van der Waals surface area contributed by atoms with Crippen LogP contribution in [0.15, 0.2) is 47.5 Å². The Morgan fingerprint density at radius 1 is 1.20 bits per heavy atom. The van der Waals surface area contributed by atoms with Gasteiger partial charge in [-0.25, -0.2) is 4.98 Å². The zero-order valence-electron chi connectivity index (χ0n) is 11.8. The molecule has 5 heteroatoms. The largest absolute Gasteiger partial charge is 0.481 e. The Labute approximate surface area is 121 Å². The molecule has 1 aromatic heterocycles. The smallest absolute Gasteiger partial charge is 0.213 e. The third kappa shape index (κ3) is 3.57. The number of nitrogens with one attached hydrogen (secondary N) is 1. The summed E-state index contributed by atoms with van der Waals surface area (Å²) in [7, 11) is 0.658. The Kier molecular flexibility index (Phi) is 4.74. The number of ether oxygens (including phenoxy) is 1. The number of hydrogen-bond acceptors (Lipinski definition) is 4. The number of benzene rings is 1. The number of nitrogens with zero attached hydrogens (tertiary/aromatic N) is 1. The zero-order chi connectivity index (χ0) is 14.5. The van der Waals surface area contributed by atoms with Crippen LogP contribution in [0.2, 0.25) is 0 Å². The lowest BCUT2D eigenvalue weighted by molar-refractivity contribution is 0.398. The molecule has 0 amide bonds. The maximum Gasteiger partial charge on any atom is 0.213 e. The first-order chi connectivity index (χ1) is 9.60. The van der Waals surface area contributed by atoms with E-state index in [0.29, 0.717) is 5.88 Å². The quantitative estimate of drug-likeness (QED) is 0.919. The van der Waals surface area contributed by atoms with Crippen LogP contribution in [0.4, 0.5) is 5.69 Å². The standard InChI is InChI=1S/C15H18N2O2S/c1-11(12-4-7-14(8-5-12)20(3)18)17-13-6-9-15(19-2)16-10-13/h4-11,17H,1-3H3. The van der Waals surface area contributed by atoms with Crippen molar-refractivity contribution in [3.8, 4) is 5.88 Å². The van der Waals surface area contributed by atoms with E-state index in [1.807, 2.05) is 36.4 Å². The Bertz CT molecular complexity index is 582. The molecule has 0 aliphatic carbocycles. The highest BCUT2D eigenvalue weighted by molar-refractivity contribution is 7.84. The van der Waals surface area contributed by atoms with Crippen LogP contribution in [0.3, 0.4) is 0 Å². The minimum atomic E-state index is -0.936. The molecule has 0 aliphatic rings. The van der Waals surface area contributed by atoms with Gasteiger partial charge in [-0.2, -0.15) is 0 Å². The highest BCUT2D eigenvalue weighted by atomic mass is 32.2. The lowest BCUT2D eigenvalue weighted by Gasteiger charge is -2.16. The van der Waals surface area contributed by atoms with Crippen LogP contribution in [0.1, 0.15) is 18.5 Å². The third-order valence-electron chi connectivity index (χ3n) is 3.04. The predicted octanol–water partition coefficient (Wildman–Crippen LogP) is 3.00. The van der Waals surface area contributed by atoms with Crippen LogP contribution in [-0.2, 0) is 10.8 Å². The summed E-state index contributed by atoms with van der Waals surface area (Å²) in [5.74, 6) is 0.595. The van der Waals surface area contributed by atoms with Gasteiger partial charge in [0.15, 0.2) is 0 Å². The first-order valence-electron chi connectivity index (χ1n) is 6.30. The maximum absolute atomic E-state index is 11.4. The summed E-state index contributed by atoms with van der Waals surface area (Å²) in [6.07, 6.45) is 3.42. The highest BCUT2D eigenvalue weighted by Gasteiger charge is 2.06. The van der Waals surface area contributed by atoms with Gasteiger partial charge < -0.3 is 10.1 Å². The fraction of sp³-hybridized carbons (Fsp3) is 0.267. The van der Waals surface area contributed by atoms with Crippen molar-refractivity contribution in [2.75, 3.05) is 18.7 Å². The molecule has 0 saturated heterocycles. The van der Waals surface area contributed by atoms with Crippen molar-refractivity contribution < 1.29 is 8.95 Å². The van der Waals surface area contributed by atoms with Crippen LogP contribution >= 0.6 is 0 Å². The lowest BCUT2D eigenvalue weighted by Crippen LogP contribution is -2.07. The normalized spacial score (nSPS) is 13.6. The number of rotatable bonds is 5. The van der Waals surface area contributed by atoms with Gasteiger partial charge in [-0.15, -0.1) is 0 Å². The first-order valence-corrected chi connectivity index (χ1v) is 7.86. The van der Waals surface area contributed by atoms with Crippen molar-refractivity contribution in [3.05, 3.63) is 48.2 Å². The maximum atomic E-state index is 11.4. The zero-order valence-corrected chi connectivity index (χ0v) is 12.6. The third-order valence-corrected chi connectivity index (χ3v) is 3.98. The van der Waals surface area contributed by atoms with Crippen LogP contribution in [0, 0.1) is 0 Å². The van der Waals surface area contributed by atoms with Gasteiger partial charge in [0.25, 0.3) is 0 Å². The molecule has 106 valence electrons. The molecule has 0 spiro atoms. The summed E-state index contributed by atoms with van der Waals surface area (Å²) in [6, 6.07) is 11.7. The summed E-state index contributed by atoms with van der Waals surface area (Å²) in [4.78, 5) is 5.00. The number of aromatic nitrogens is 1. The summed E-state index contributed by atoms with van der Waals surface area (Å²) in [5, 5.41) is 3.36. The van der Waals surface area contributed by atoms with Crippen molar-refractivity contribution in [2.24, 2.45) is 0 Å². The Hall–Kier alpha value is -1.88. The molecule has 0 aliphatic heterocycles. The minimum Gasteiger partial charge on any atom is -0.481 e. The fourth-order valence-corrected chi connectivity index (χ4v) is 2.39. The van der Waals surface area contributed by atoms with Gasteiger partial charge in [0.05, 0.1) is 19.0 Å². The van der Waals surface area contributed by atoms with Crippen molar-refractivity contribution in [2.45, 2.75) is 17.9 Å². The summed E-state index contributed by atoms with van der Waals surface area (Å²) < 4.78 is 16.4. The summed E-state index contributed by atoms with van der Waals surface area (Å²) >= 11 is 0. The molecule has 0 saturated carbocycles. The van der Waals surface area contributed by atoms with E-state index in [1.165, 1.54) is 0 Å². The molecule has 0 fully saturated rings. The molecule has 2 aromatic rings. The Morgan fingerprint density at radius 3 is 2.40 bits per heavy atom. The molecule has 2 unspecified atom stereocenters. The van der Waals surface area contributed by atoms with E-state index in [9.17, 15) is 4.21 Å². The second-order valence-electron chi connectivity index (χ2n) is 4.48. The molecule has 2 rings (SSSR count). The van der Waals surface area contributed by atoms with Crippen molar-refractivity contribution in [3.63, 3.8) is 0 Å². The van der Waals surface area contributed by atoms with Crippen LogP contribution in [0.5, 0.6) is 5.88 Å². The van der Waals surface area contributed by atoms with Gasteiger partial charge in [-0.3, -0.25) is 4.21 Å². The number of anilines is 1. The second kappa shape index (κ2) is 6.52. The van der Waals surface area contributed by atoms with Gasteiger partial charge in [-0.1, -0.05) is 12.1 Å². The molecule has 1 heterocycles. The van der Waals surface area contributed by atoms with E-state index < -0.39 is 10.8 Å². The topological polar surface area (TPSA) is 51.2 Å².